The lowest BCUT2D eigenvalue weighted by atomic mass is 9.87. The number of hydrogen-bond donors (Lipinski definition) is 3. The van der Waals surface area contributed by atoms with Crippen LogP contribution in [0.2, 0.25) is 0 Å². The zero-order valence-corrected chi connectivity index (χ0v) is 18.7. The Bertz CT molecular complexity index is 1130. The second-order valence-electron chi connectivity index (χ2n) is 8.11. The molecule has 2 aliphatic rings. The zero-order valence-electron chi connectivity index (χ0n) is 18.7. The first-order valence-electron chi connectivity index (χ1n) is 11.1. The van der Waals surface area contributed by atoms with E-state index in [4.69, 9.17) is 0 Å². The van der Waals surface area contributed by atoms with Crippen LogP contribution in [0, 0.1) is 0 Å². The number of imide groups is 1. The highest BCUT2D eigenvalue weighted by Gasteiger charge is 2.52. The Labute approximate surface area is 196 Å². The van der Waals surface area contributed by atoms with Crippen molar-refractivity contribution in [1.82, 2.24) is 21.1 Å². The summed E-state index contributed by atoms with van der Waals surface area (Å²) in [5, 5.41) is 5.78. The molecule has 2 saturated heterocycles. The summed E-state index contributed by atoms with van der Waals surface area (Å²) in [5.41, 5.74) is 2.64. The summed E-state index contributed by atoms with van der Waals surface area (Å²) in [6.07, 6.45) is 1.61. The van der Waals surface area contributed by atoms with Crippen molar-refractivity contribution in [1.29, 1.82) is 0 Å². The first-order chi connectivity index (χ1) is 16.4. The number of hydrogen-bond acceptors (Lipinski definition) is 5. The number of nitrogens with zero attached hydrogens (tertiary/aromatic N) is 2. The maximum absolute atomic E-state index is 13.0. The molecule has 0 aliphatic carbocycles. The molecule has 2 fully saturated rings. The normalized spacial score (nSPS) is 19.9. The summed E-state index contributed by atoms with van der Waals surface area (Å²) in [4.78, 5) is 63.8. The van der Waals surface area contributed by atoms with Crippen molar-refractivity contribution >= 4 is 35.3 Å². The standard InChI is InChI=1S/C24H25N5O5/c1-2-24(17-7-4-3-5-8-17)22(33)29(23(34)26-24)27-19(30)15-25-21(32)16-10-12-18(13-11-16)28-14-6-9-20(28)31/h3-5,7-8,10-13H,2,6,9,14-15H2,1H3,(H,25,32)(H,26,34)(H,27,30). The minimum absolute atomic E-state index is 0.0497. The monoisotopic (exact) mass is 463 g/mol. The van der Waals surface area contributed by atoms with Gasteiger partial charge in [0.2, 0.25) is 5.91 Å². The number of amides is 6. The summed E-state index contributed by atoms with van der Waals surface area (Å²) in [7, 11) is 0. The maximum Gasteiger partial charge on any atom is 0.344 e. The quantitative estimate of drug-likeness (QED) is 0.535. The Morgan fingerprint density at radius 1 is 1.03 bits per heavy atom. The lowest BCUT2D eigenvalue weighted by molar-refractivity contribution is -0.139. The van der Waals surface area contributed by atoms with Gasteiger partial charge in [0, 0.05) is 24.2 Å². The molecular weight excluding hydrogens is 438 g/mol. The molecule has 0 aromatic heterocycles. The number of nitrogens with one attached hydrogen (secondary N) is 3. The lowest BCUT2D eigenvalue weighted by Gasteiger charge is -2.25. The van der Waals surface area contributed by atoms with Crippen molar-refractivity contribution in [2.45, 2.75) is 31.7 Å². The van der Waals surface area contributed by atoms with Crippen molar-refractivity contribution in [3.63, 3.8) is 0 Å². The molecule has 0 radical (unpaired) electrons. The fourth-order valence-electron chi connectivity index (χ4n) is 4.18. The van der Waals surface area contributed by atoms with Crippen LogP contribution < -0.4 is 21.0 Å². The third-order valence-corrected chi connectivity index (χ3v) is 6.05. The molecule has 2 aromatic carbocycles. The zero-order chi connectivity index (χ0) is 24.3. The van der Waals surface area contributed by atoms with E-state index in [0.717, 1.165) is 6.42 Å². The van der Waals surface area contributed by atoms with E-state index in [2.05, 4.69) is 16.1 Å². The number of urea groups is 1. The van der Waals surface area contributed by atoms with Gasteiger partial charge in [-0.1, -0.05) is 37.3 Å². The van der Waals surface area contributed by atoms with Gasteiger partial charge in [-0.2, -0.15) is 5.01 Å². The van der Waals surface area contributed by atoms with E-state index in [1.54, 1.807) is 66.4 Å². The molecule has 6 amide bonds. The predicted molar refractivity (Wildman–Crippen MR) is 122 cm³/mol. The molecule has 1 atom stereocenters. The summed E-state index contributed by atoms with van der Waals surface area (Å²) >= 11 is 0. The minimum atomic E-state index is -1.27. The fraction of sp³-hybridized carbons (Fsp3) is 0.292. The summed E-state index contributed by atoms with van der Waals surface area (Å²) in [6.45, 7) is 1.98. The summed E-state index contributed by atoms with van der Waals surface area (Å²) < 4.78 is 0. The van der Waals surface area contributed by atoms with E-state index in [9.17, 15) is 24.0 Å². The summed E-state index contributed by atoms with van der Waals surface area (Å²) in [6, 6.07) is 14.5. The molecule has 2 aliphatic heterocycles. The van der Waals surface area contributed by atoms with E-state index in [0.29, 0.717) is 41.2 Å². The molecule has 3 N–H and O–H groups in total. The Morgan fingerprint density at radius 3 is 2.35 bits per heavy atom. The SMILES string of the molecule is CCC1(c2ccccc2)NC(=O)N(NC(=O)CNC(=O)c2ccc(N3CCCC3=O)cc2)C1=O. The van der Waals surface area contributed by atoms with Gasteiger partial charge in [-0.25, -0.2) is 4.79 Å². The average Bonchev–Trinajstić information content (AvgIpc) is 3.39. The van der Waals surface area contributed by atoms with Crippen molar-refractivity contribution in [2.24, 2.45) is 0 Å². The first-order valence-corrected chi connectivity index (χ1v) is 11.1. The number of anilines is 1. The minimum Gasteiger partial charge on any atom is -0.343 e. The highest BCUT2D eigenvalue weighted by Crippen LogP contribution is 2.31. The molecule has 2 heterocycles. The van der Waals surface area contributed by atoms with Crippen LogP contribution in [-0.2, 0) is 19.9 Å². The van der Waals surface area contributed by atoms with Crippen LogP contribution in [0.1, 0.15) is 42.1 Å². The molecule has 0 saturated carbocycles. The largest absolute Gasteiger partial charge is 0.344 e. The van der Waals surface area contributed by atoms with E-state index < -0.39 is 35.8 Å². The van der Waals surface area contributed by atoms with Crippen LogP contribution in [0.15, 0.2) is 54.6 Å². The molecular formula is C24H25N5O5. The van der Waals surface area contributed by atoms with E-state index in [1.165, 1.54) is 0 Å². The van der Waals surface area contributed by atoms with E-state index >= 15 is 0 Å². The molecule has 0 bridgehead atoms. The van der Waals surface area contributed by atoms with Crippen molar-refractivity contribution in [3.8, 4) is 0 Å². The molecule has 34 heavy (non-hydrogen) atoms. The van der Waals surface area contributed by atoms with Crippen LogP contribution >= 0.6 is 0 Å². The molecule has 1 unspecified atom stereocenters. The van der Waals surface area contributed by atoms with Crippen molar-refractivity contribution < 1.29 is 24.0 Å². The number of rotatable bonds is 7. The molecule has 4 rings (SSSR count). The van der Waals surface area contributed by atoms with Gasteiger partial charge in [0.25, 0.3) is 17.7 Å². The molecule has 0 spiro atoms. The van der Waals surface area contributed by atoms with Gasteiger partial charge in [0.05, 0.1) is 6.54 Å². The highest BCUT2D eigenvalue weighted by molar-refractivity contribution is 6.08. The number of benzene rings is 2. The van der Waals surface area contributed by atoms with Gasteiger partial charge in [-0.3, -0.25) is 24.6 Å². The van der Waals surface area contributed by atoms with Crippen LogP contribution in [0.3, 0.4) is 0 Å². The van der Waals surface area contributed by atoms with Gasteiger partial charge in [-0.15, -0.1) is 0 Å². The molecule has 176 valence electrons. The van der Waals surface area contributed by atoms with Crippen LogP contribution in [0.25, 0.3) is 0 Å². The van der Waals surface area contributed by atoms with Gasteiger partial charge in [-0.05, 0) is 42.7 Å². The van der Waals surface area contributed by atoms with Crippen molar-refractivity contribution in [3.05, 3.63) is 65.7 Å². The van der Waals surface area contributed by atoms with Crippen LogP contribution in [-0.4, -0.2) is 47.8 Å². The first kappa shape index (κ1) is 23.0. The Kier molecular flexibility index (Phi) is 6.31. The Hall–Kier alpha value is -4.21. The Morgan fingerprint density at radius 2 is 1.74 bits per heavy atom. The molecule has 10 heteroatoms. The smallest absolute Gasteiger partial charge is 0.343 e. The van der Waals surface area contributed by atoms with Gasteiger partial charge in [0.1, 0.15) is 5.54 Å². The Balaban J connectivity index is 1.35. The lowest BCUT2D eigenvalue weighted by Crippen LogP contribution is -2.51. The average molecular weight is 463 g/mol. The number of carbonyl (C=O) groups excluding carboxylic acids is 5. The fourth-order valence-corrected chi connectivity index (χ4v) is 4.18. The number of carbonyl (C=O) groups is 5. The van der Waals surface area contributed by atoms with Gasteiger partial charge >= 0.3 is 6.03 Å². The highest BCUT2D eigenvalue weighted by atomic mass is 16.2. The third kappa shape index (κ3) is 4.21. The summed E-state index contributed by atoms with van der Waals surface area (Å²) in [5.74, 6) is -1.78. The number of hydrazine groups is 1. The van der Waals surface area contributed by atoms with Crippen LogP contribution in [0.5, 0.6) is 0 Å². The third-order valence-electron chi connectivity index (χ3n) is 6.05. The van der Waals surface area contributed by atoms with Crippen LogP contribution in [0.4, 0.5) is 10.5 Å². The molecule has 10 nitrogen and oxygen atoms in total. The van der Waals surface area contributed by atoms with Gasteiger partial charge < -0.3 is 15.5 Å². The van der Waals surface area contributed by atoms with E-state index in [1.807, 2.05) is 0 Å². The topological polar surface area (TPSA) is 128 Å². The maximum atomic E-state index is 13.0. The molecule has 2 aromatic rings. The van der Waals surface area contributed by atoms with Crippen molar-refractivity contribution in [2.75, 3.05) is 18.0 Å². The van der Waals surface area contributed by atoms with Gasteiger partial charge in [0.15, 0.2) is 0 Å². The van der Waals surface area contributed by atoms with E-state index in [-0.39, 0.29) is 5.91 Å². The second kappa shape index (κ2) is 9.34. The second-order valence-corrected chi connectivity index (χ2v) is 8.11. The predicted octanol–water partition coefficient (Wildman–Crippen LogP) is 1.43.